The molecule has 0 aliphatic rings. The molecule has 3 atom stereocenters. The van der Waals surface area contributed by atoms with Crippen LogP contribution in [0.3, 0.4) is 0 Å². The van der Waals surface area contributed by atoms with Gasteiger partial charge in [0, 0.05) is 12.1 Å². The van der Waals surface area contributed by atoms with E-state index in [0.717, 1.165) is 12.0 Å². The van der Waals surface area contributed by atoms with Gasteiger partial charge in [-0.2, -0.15) is 0 Å². The molecule has 21 heavy (non-hydrogen) atoms. The minimum Gasteiger partial charge on any atom is -0.493 e. The van der Waals surface area contributed by atoms with Gasteiger partial charge in [-0.15, -0.1) is 0 Å². The second-order valence-corrected chi connectivity index (χ2v) is 5.28. The molecule has 5 heteroatoms. The van der Waals surface area contributed by atoms with E-state index in [9.17, 15) is 4.79 Å². The van der Waals surface area contributed by atoms with Crippen LogP contribution in [0.2, 0.25) is 0 Å². The molecule has 0 radical (unpaired) electrons. The highest BCUT2D eigenvalue weighted by atomic mass is 16.5. The van der Waals surface area contributed by atoms with Crippen LogP contribution in [-0.4, -0.2) is 25.2 Å². The highest BCUT2D eigenvalue weighted by Gasteiger charge is 2.18. The van der Waals surface area contributed by atoms with Crippen molar-refractivity contribution in [3.63, 3.8) is 0 Å². The summed E-state index contributed by atoms with van der Waals surface area (Å²) >= 11 is 0. The lowest BCUT2D eigenvalue weighted by Crippen LogP contribution is -2.41. The molecule has 0 aromatic heterocycles. The summed E-state index contributed by atoms with van der Waals surface area (Å²) in [5.74, 6) is 0.976. The van der Waals surface area contributed by atoms with Crippen molar-refractivity contribution in [3.05, 3.63) is 23.8 Å². The molecule has 0 fully saturated rings. The van der Waals surface area contributed by atoms with Gasteiger partial charge in [-0.05, 0) is 44.9 Å². The van der Waals surface area contributed by atoms with Crippen LogP contribution >= 0.6 is 0 Å². The maximum atomic E-state index is 12.0. The lowest BCUT2D eigenvalue weighted by atomic mass is 10.1. The van der Waals surface area contributed by atoms with Crippen molar-refractivity contribution in [2.75, 3.05) is 7.11 Å². The van der Waals surface area contributed by atoms with E-state index in [4.69, 9.17) is 15.2 Å². The van der Waals surface area contributed by atoms with Gasteiger partial charge >= 0.3 is 0 Å². The zero-order valence-electron chi connectivity index (χ0n) is 13.5. The number of carbonyl (C=O) groups excluding carboxylic acids is 1. The number of ether oxygens (including phenoxy) is 2. The van der Waals surface area contributed by atoms with Gasteiger partial charge in [0.1, 0.15) is 0 Å². The predicted molar refractivity (Wildman–Crippen MR) is 83.6 cm³/mol. The van der Waals surface area contributed by atoms with E-state index < -0.39 is 6.10 Å². The number of carbonyl (C=O) groups is 1. The molecule has 0 aliphatic heterocycles. The summed E-state index contributed by atoms with van der Waals surface area (Å²) in [6.07, 6.45) is 0.291. The summed E-state index contributed by atoms with van der Waals surface area (Å²) in [4.78, 5) is 12.0. The Morgan fingerprint density at radius 2 is 1.95 bits per heavy atom. The zero-order valence-corrected chi connectivity index (χ0v) is 13.5. The van der Waals surface area contributed by atoms with Gasteiger partial charge in [-0.25, -0.2) is 0 Å². The molecule has 3 N–H and O–H groups in total. The zero-order chi connectivity index (χ0) is 16.0. The lowest BCUT2D eigenvalue weighted by molar-refractivity contribution is -0.127. The number of nitrogens with two attached hydrogens (primary N) is 1. The molecule has 1 aromatic rings. The molecule has 5 nitrogen and oxygen atoms in total. The Bertz CT molecular complexity index is 475. The normalized spacial score (nSPS) is 15.0. The molecule has 0 aliphatic carbocycles. The standard InChI is InChI=1S/C16H26N2O3/c1-6-10(2)18-16(19)12(4)21-14-8-7-13(11(3)17)9-15(14)20-5/h7-12H,6,17H2,1-5H3,(H,18,19)/t10?,11-,12?/m0/s1. The van der Waals surface area contributed by atoms with Crippen LogP contribution in [0.5, 0.6) is 11.5 Å². The molecule has 0 saturated heterocycles. The maximum Gasteiger partial charge on any atom is 0.260 e. The molecule has 0 heterocycles. The number of nitrogens with one attached hydrogen (secondary N) is 1. The van der Waals surface area contributed by atoms with Crippen LogP contribution in [0.25, 0.3) is 0 Å². The van der Waals surface area contributed by atoms with Gasteiger partial charge in [0.05, 0.1) is 7.11 Å². The molecule has 0 spiro atoms. The monoisotopic (exact) mass is 294 g/mol. The number of hydrogen-bond acceptors (Lipinski definition) is 4. The molecule has 1 aromatic carbocycles. The second kappa shape index (κ2) is 7.88. The number of methoxy groups -OCH3 is 1. The summed E-state index contributed by atoms with van der Waals surface area (Å²) in [7, 11) is 1.57. The quantitative estimate of drug-likeness (QED) is 0.810. The SMILES string of the molecule is CCC(C)NC(=O)C(C)Oc1ccc([C@H](C)N)cc1OC. The van der Waals surface area contributed by atoms with E-state index in [2.05, 4.69) is 5.32 Å². The van der Waals surface area contributed by atoms with Crippen molar-refractivity contribution in [2.45, 2.75) is 52.3 Å². The lowest BCUT2D eigenvalue weighted by Gasteiger charge is -2.19. The Labute approximate surface area is 126 Å². The molecule has 118 valence electrons. The molecule has 0 saturated carbocycles. The van der Waals surface area contributed by atoms with E-state index in [1.807, 2.05) is 32.9 Å². The van der Waals surface area contributed by atoms with Crippen molar-refractivity contribution in [3.8, 4) is 11.5 Å². The third kappa shape index (κ3) is 4.93. The highest BCUT2D eigenvalue weighted by molar-refractivity contribution is 5.81. The first-order valence-electron chi connectivity index (χ1n) is 7.29. The van der Waals surface area contributed by atoms with Gasteiger partial charge in [0.2, 0.25) is 0 Å². The van der Waals surface area contributed by atoms with Gasteiger partial charge in [0.25, 0.3) is 5.91 Å². The van der Waals surface area contributed by atoms with E-state index in [-0.39, 0.29) is 18.0 Å². The van der Waals surface area contributed by atoms with E-state index in [1.165, 1.54) is 0 Å². The van der Waals surface area contributed by atoms with Crippen molar-refractivity contribution in [1.82, 2.24) is 5.32 Å². The first-order chi connectivity index (χ1) is 9.88. The van der Waals surface area contributed by atoms with Crippen LogP contribution in [0.4, 0.5) is 0 Å². The Morgan fingerprint density at radius 3 is 2.48 bits per heavy atom. The first-order valence-corrected chi connectivity index (χ1v) is 7.29. The van der Waals surface area contributed by atoms with E-state index in [0.29, 0.717) is 11.5 Å². The Kier molecular flexibility index (Phi) is 6.49. The average molecular weight is 294 g/mol. The minimum atomic E-state index is -0.589. The molecule has 0 bridgehead atoms. The summed E-state index contributed by atoms with van der Waals surface area (Å²) < 4.78 is 11.0. The van der Waals surface area contributed by atoms with Crippen LogP contribution in [-0.2, 0) is 4.79 Å². The smallest absolute Gasteiger partial charge is 0.260 e. The third-order valence-corrected chi connectivity index (χ3v) is 3.39. The first kappa shape index (κ1) is 17.3. The van der Waals surface area contributed by atoms with Crippen LogP contribution in [0, 0.1) is 0 Å². The third-order valence-electron chi connectivity index (χ3n) is 3.39. The fourth-order valence-electron chi connectivity index (χ4n) is 1.77. The number of amides is 1. The minimum absolute atomic E-state index is 0.0842. The van der Waals surface area contributed by atoms with Gasteiger partial charge < -0.3 is 20.5 Å². The van der Waals surface area contributed by atoms with Crippen LogP contribution in [0.1, 0.15) is 45.7 Å². The molecule has 1 rings (SSSR count). The Balaban J connectivity index is 2.80. The number of hydrogen-bond donors (Lipinski definition) is 2. The Hall–Kier alpha value is -1.75. The summed E-state index contributed by atoms with van der Waals surface area (Å²) in [5.41, 5.74) is 6.80. The fraction of sp³-hybridized carbons (Fsp3) is 0.562. The van der Waals surface area contributed by atoms with Gasteiger partial charge in [-0.1, -0.05) is 13.0 Å². The number of benzene rings is 1. The topological polar surface area (TPSA) is 73.6 Å². The van der Waals surface area contributed by atoms with Crippen molar-refractivity contribution < 1.29 is 14.3 Å². The highest BCUT2D eigenvalue weighted by Crippen LogP contribution is 2.30. The van der Waals surface area contributed by atoms with Gasteiger partial charge in [0.15, 0.2) is 17.6 Å². The molecular weight excluding hydrogens is 268 g/mol. The predicted octanol–water partition coefficient (Wildman–Crippen LogP) is 2.40. The van der Waals surface area contributed by atoms with E-state index in [1.54, 1.807) is 20.1 Å². The van der Waals surface area contributed by atoms with Gasteiger partial charge in [-0.3, -0.25) is 4.79 Å². The fourth-order valence-corrected chi connectivity index (χ4v) is 1.77. The average Bonchev–Trinajstić information content (AvgIpc) is 2.46. The van der Waals surface area contributed by atoms with Crippen molar-refractivity contribution in [1.29, 1.82) is 0 Å². The van der Waals surface area contributed by atoms with Crippen molar-refractivity contribution >= 4 is 5.91 Å². The Morgan fingerprint density at radius 1 is 1.29 bits per heavy atom. The number of rotatable bonds is 7. The second-order valence-electron chi connectivity index (χ2n) is 5.28. The molecular formula is C16H26N2O3. The van der Waals surface area contributed by atoms with Crippen LogP contribution in [0.15, 0.2) is 18.2 Å². The van der Waals surface area contributed by atoms with E-state index >= 15 is 0 Å². The van der Waals surface area contributed by atoms with Crippen LogP contribution < -0.4 is 20.5 Å². The summed E-state index contributed by atoms with van der Waals surface area (Å²) in [5, 5.41) is 2.89. The largest absolute Gasteiger partial charge is 0.493 e. The summed E-state index contributed by atoms with van der Waals surface area (Å²) in [6, 6.07) is 5.54. The van der Waals surface area contributed by atoms with Crippen molar-refractivity contribution in [2.24, 2.45) is 5.73 Å². The maximum absolute atomic E-state index is 12.0. The molecule has 2 unspecified atom stereocenters. The molecule has 1 amide bonds. The summed E-state index contributed by atoms with van der Waals surface area (Å²) in [6.45, 7) is 7.60.